The predicted molar refractivity (Wildman–Crippen MR) is 126 cm³/mol. The fourth-order valence-electron chi connectivity index (χ4n) is 3.59. The summed E-state index contributed by atoms with van der Waals surface area (Å²) >= 11 is 0. The summed E-state index contributed by atoms with van der Waals surface area (Å²) in [5, 5.41) is 8.46. The van der Waals surface area contributed by atoms with Crippen LogP contribution >= 0.6 is 0 Å². The van der Waals surface area contributed by atoms with Crippen LogP contribution in [0.1, 0.15) is 15.9 Å². The third-order valence-corrected chi connectivity index (χ3v) is 5.23. The van der Waals surface area contributed by atoms with Crippen LogP contribution in [0, 0.1) is 5.82 Å². The molecular weight excluding hydrogens is 423 g/mol. The van der Waals surface area contributed by atoms with Crippen LogP contribution < -0.4 is 20.9 Å². The fourth-order valence-corrected chi connectivity index (χ4v) is 3.59. The normalized spacial score (nSPS) is 13.3. The van der Waals surface area contributed by atoms with Crippen LogP contribution in [0.25, 0.3) is 0 Å². The molecule has 0 bridgehead atoms. The second kappa shape index (κ2) is 10.6. The van der Waals surface area contributed by atoms with Crippen LogP contribution in [0.15, 0.2) is 72.8 Å². The largest absolute Gasteiger partial charge is 0.378 e. The first-order valence-electron chi connectivity index (χ1n) is 10.7. The van der Waals surface area contributed by atoms with E-state index in [2.05, 4.69) is 20.9 Å². The lowest BCUT2D eigenvalue weighted by Gasteiger charge is -2.30. The molecule has 3 N–H and O–H groups in total. The van der Waals surface area contributed by atoms with E-state index in [1.54, 1.807) is 36.4 Å². The number of morpholine rings is 1. The number of hydrogen-bond acceptors (Lipinski definition) is 4. The molecule has 3 aromatic carbocycles. The second-order valence-electron chi connectivity index (χ2n) is 7.59. The number of hydrogen-bond donors (Lipinski definition) is 3. The average molecular weight is 448 g/mol. The number of urea groups is 1. The van der Waals surface area contributed by atoms with E-state index in [9.17, 15) is 14.0 Å². The molecule has 0 atom stereocenters. The Labute approximate surface area is 191 Å². The number of nitrogens with one attached hydrogen (secondary N) is 3. The molecule has 8 heteroatoms. The molecule has 1 aliphatic rings. The number of rotatable bonds is 6. The number of carbonyl (C=O) groups excluding carboxylic acids is 2. The molecule has 1 aliphatic heterocycles. The SMILES string of the molecule is O=C(Nc1ccccc1)Nc1cc(C(=O)NCc2cccc(F)c2)ccc1N1CCOCC1. The fraction of sp³-hybridized carbons (Fsp3) is 0.200. The van der Waals surface area contributed by atoms with Crippen molar-refractivity contribution < 1.29 is 18.7 Å². The summed E-state index contributed by atoms with van der Waals surface area (Å²) in [6, 6.07) is 20.0. The molecule has 0 radical (unpaired) electrons. The molecule has 0 saturated carbocycles. The van der Waals surface area contributed by atoms with Gasteiger partial charge in [0.25, 0.3) is 5.91 Å². The lowest BCUT2D eigenvalue weighted by atomic mass is 10.1. The Morgan fingerprint density at radius 2 is 1.70 bits per heavy atom. The van der Waals surface area contributed by atoms with Gasteiger partial charge in [0.15, 0.2) is 0 Å². The van der Waals surface area contributed by atoms with Gasteiger partial charge in [-0.25, -0.2) is 9.18 Å². The Hall–Kier alpha value is -3.91. The number of carbonyl (C=O) groups is 2. The van der Waals surface area contributed by atoms with Gasteiger partial charge in [-0.1, -0.05) is 30.3 Å². The van der Waals surface area contributed by atoms with Crippen molar-refractivity contribution in [1.29, 1.82) is 0 Å². The molecule has 0 aromatic heterocycles. The van der Waals surface area contributed by atoms with Crippen molar-refractivity contribution in [2.45, 2.75) is 6.54 Å². The van der Waals surface area contributed by atoms with Crippen molar-refractivity contribution in [2.24, 2.45) is 0 Å². The topological polar surface area (TPSA) is 82.7 Å². The maximum Gasteiger partial charge on any atom is 0.323 e. The zero-order valence-corrected chi connectivity index (χ0v) is 18.0. The highest BCUT2D eigenvalue weighted by Gasteiger charge is 2.18. The molecule has 170 valence electrons. The van der Waals surface area contributed by atoms with Gasteiger partial charge in [-0.15, -0.1) is 0 Å². The summed E-state index contributed by atoms with van der Waals surface area (Å²) in [5.74, 6) is -0.674. The van der Waals surface area contributed by atoms with Gasteiger partial charge in [-0.2, -0.15) is 0 Å². The first kappa shape index (κ1) is 22.3. The van der Waals surface area contributed by atoms with Crippen molar-refractivity contribution >= 4 is 29.0 Å². The molecule has 3 amide bonds. The van der Waals surface area contributed by atoms with Gasteiger partial charge in [-0.3, -0.25) is 4.79 Å². The number of halogens is 1. The number of ether oxygens (including phenoxy) is 1. The summed E-state index contributed by atoms with van der Waals surface area (Å²) in [4.78, 5) is 27.5. The lowest BCUT2D eigenvalue weighted by Crippen LogP contribution is -2.37. The van der Waals surface area contributed by atoms with E-state index in [0.717, 1.165) is 5.69 Å². The van der Waals surface area contributed by atoms with E-state index >= 15 is 0 Å². The molecule has 7 nitrogen and oxygen atoms in total. The lowest BCUT2D eigenvalue weighted by molar-refractivity contribution is 0.0950. The highest BCUT2D eigenvalue weighted by Crippen LogP contribution is 2.28. The van der Waals surface area contributed by atoms with Gasteiger partial charge in [0, 0.05) is 30.9 Å². The molecule has 1 fully saturated rings. The third-order valence-electron chi connectivity index (χ3n) is 5.23. The van der Waals surface area contributed by atoms with Gasteiger partial charge in [0.1, 0.15) is 5.82 Å². The molecule has 33 heavy (non-hydrogen) atoms. The summed E-state index contributed by atoms with van der Waals surface area (Å²) in [5.41, 5.74) is 3.03. The van der Waals surface area contributed by atoms with Gasteiger partial charge in [0.05, 0.1) is 24.6 Å². The van der Waals surface area contributed by atoms with Crippen LogP contribution in [0.4, 0.5) is 26.2 Å². The van der Waals surface area contributed by atoms with Crippen molar-refractivity contribution in [3.05, 3.63) is 89.7 Å². The zero-order chi connectivity index (χ0) is 23.0. The minimum absolute atomic E-state index is 0.194. The van der Waals surface area contributed by atoms with E-state index in [1.807, 2.05) is 24.3 Å². The number of nitrogens with zero attached hydrogens (tertiary/aromatic N) is 1. The van der Waals surface area contributed by atoms with Gasteiger partial charge in [-0.05, 0) is 48.0 Å². The van der Waals surface area contributed by atoms with Gasteiger partial charge in [0.2, 0.25) is 0 Å². The maximum atomic E-state index is 13.4. The summed E-state index contributed by atoms with van der Waals surface area (Å²) < 4.78 is 18.8. The summed E-state index contributed by atoms with van der Waals surface area (Å²) in [7, 11) is 0. The highest BCUT2D eigenvalue weighted by atomic mass is 19.1. The standard InChI is InChI=1S/C25H25FN4O3/c26-20-6-4-5-18(15-20)17-27-24(31)19-9-10-23(30-11-13-33-14-12-30)22(16-19)29-25(32)28-21-7-2-1-3-8-21/h1-10,15-16H,11-14,17H2,(H,27,31)(H2,28,29,32). The zero-order valence-electron chi connectivity index (χ0n) is 18.0. The van der Waals surface area contributed by atoms with Crippen LogP contribution in [-0.4, -0.2) is 38.2 Å². The van der Waals surface area contributed by atoms with E-state index in [-0.39, 0.29) is 18.3 Å². The Kier molecular flexibility index (Phi) is 7.16. The van der Waals surface area contributed by atoms with E-state index in [0.29, 0.717) is 48.8 Å². The molecule has 0 unspecified atom stereocenters. The highest BCUT2D eigenvalue weighted by molar-refractivity contribution is 6.04. The Bertz CT molecular complexity index is 1120. The molecule has 0 spiro atoms. The quantitative estimate of drug-likeness (QED) is 0.527. The van der Waals surface area contributed by atoms with Crippen molar-refractivity contribution in [2.75, 3.05) is 41.8 Å². The molecule has 0 aliphatic carbocycles. The van der Waals surface area contributed by atoms with Crippen LogP contribution in [0.2, 0.25) is 0 Å². The average Bonchev–Trinajstić information content (AvgIpc) is 2.83. The van der Waals surface area contributed by atoms with Crippen LogP contribution in [-0.2, 0) is 11.3 Å². The molecule has 1 heterocycles. The minimum atomic E-state index is -0.409. The predicted octanol–water partition coefficient (Wildman–Crippen LogP) is 4.24. The van der Waals surface area contributed by atoms with E-state index < -0.39 is 6.03 Å². The first-order valence-corrected chi connectivity index (χ1v) is 10.7. The molecule has 4 rings (SSSR count). The molecule has 3 aromatic rings. The van der Waals surface area contributed by atoms with Crippen molar-refractivity contribution in [3.8, 4) is 0 Å². The van der Waals surface area contributed by atoms with Crippen LogP contribution in [0.5, 0.6) is 0 Å². The minimum Gasteiger partial charge on any atom is -0.378 e. The smallest absolute Gasteiger partial charge is 0.323 e. The van der Waals surface area contributed by atoms with Gasteiger partial charge >= 0.3 is 6.03 Å². The monoisotopic (exact) mass is 448 g/mol. The van der Waals surface area contributed by atoms with Crippen molar-refractivity contribution in [3.63, 3.8) is 0 Å². The number of para-hydroxylation sites is 1. The first-order chi connectivity index (χ1) is 16.1. The maximum absolute atomic E-state index is 13.4. The summed E-state index contributed by atoms with van der Waals surface area (Å²) in [6.45, 7) is 2.73. The second-order valence-corrected chi connectivity index (χ2v) is 7.59. The Balaban J connectivity index is 1.51. The van der Waals surface area contributed by atoms with Crippen molar-refractivity contribution in [1.82, 2.24) is 5.32 Å². The number of anilines is 3. The third kappa shape index (κ3) is 6.08. The molecular formula is C25H25FN4O3. The van der Waals surface area contributed by atoms with E-state index in [1.165, 1.54) is 12.1 Å². The van der Waals surface area contributed by atoms with Crippen LogP contribution in [0.3, 0.4) is 0 Å². The number of benzene rings is 3. The summed E-state index contributed by atoms with van der Waals surface area (Å²) in [6.07, 6.45) is 0. The molecule has 1 saturated heterocycles. The Morgan fingerprint density at radius 1 is 0.909 bits per heavy atom. The number of amides is 3. The van der Waals surface area contributed by atoms with Gasteiger partial charge < -0.3 is 25.6 Å². The Morgan fingerprint density at radius 3 is 2.45 bits per heavy atom. The van der Waals surface area contributed by atoms with E-state index in [4.69, 9.17) is 4.74 Å².